The number of benzene rings is 2. The maximum Gasteiger partial charge on any atom is 0.407 e. The minimum absolute atomic E-state index is 0.101. The molecular formula is C45H54N8O6S. The summed E-state index contributed by atoms with van der Waals surface area (Å²) < 4.78 is 9.59. The van der Waals surface area contributed by atoms with Crippen molar-refractivity contribution in [2.24, 2.45) is 11.8 Å². The van der Waals surface area contributed by atoms with Crippen LogP contribution >= 0.6 is 11.3 Å². The topological polar surface area (TPSA) is 175 Å². The quantitative estimate of drug-likeness (QED) is 0.104. The van der Waals surface area contributed by atoms with Gasteiger partial charge < -0.3 is 39.9 Å². The van der Waals surface area contributed by atoms with Gasteiger partial charge in [0.2, 0.25) is 11.8 Å². The van der Waals surface area contributed by atoms with E-state index in [1.165, 1.54) is 40.7 Å². The zero-order valence-electron chi connectivity index (χ0n) is 35.1. The van der Waals surface area contributed by atoms with Crippen molar-refractivity contribution in [1.29, 1.82) is 0 Å². The van der Waals surface area contributed by atoms with Gasteiger partial charge in [-0.2, -0.15) is 0 Å². The minimum Gasteiger partial charge on any atom is -0.453 e. The molecule has 0 spiro atoms. The van der Waals surface area contributed by atoms with Crippen molar-refractivity contribution >= 4 is 46.1 Å². The Labute approximate surface area is 353 Å². The average Bonchev–Trinajstić information content (AvgIpc) is 4.09. The van der Waals surface area contributed by atoms with Gasteiger partial charge in [0.25, 0.3) is 0 Å². The Morgan fingerprint density at radius 1 is 0.683 bits per heavy atom. The number of alkyl carbamates (subject to hydrolysis) is 2. The first-order chi connectivity index (χ1) is 28.9. The number of H-pyrrole nitrogens is 2. The third-order valence-corrected chi connectivity index (χ3v) is 13.7. The molecule has 4 amide bonds. The number of aromatic nitrogens is 4. The first-order valence-corrected chi connectivity index (χ1v) is 21.9. The molecule has 14 nitrogen and oxygen atoms in total. The second-order valence-electron chi connectivity index (χ2n) is 16.8. The molecule has 3 aromatic heterocycles. The number of nitrogens with zero attached hydrogens (tertiary/aromatic N) is 4. The Kier molecular flexibility index (Phi) is 11.7. The molecule has 60 heavy (non-hydrogen) atoms. The van der Waals surface area contributed by atoms with E-state index in [9.17, 15) is 19.2 Å². The van der Waals surface area contributed by atoms with E-state index in [4.69, 9.17) is 19.4 Å². The summed E-state index contributed by atoms with van der Waals surface area (Å²) in [5.74, 6) is 1.05. The number of carbonyl (C=O) groups excluding carboxylic acids is 4. The van der Waals surface area contributed by atoms with Crippen molar-refractivity contribution in [3.63, 3.8) is 0 Å². The van der Waals surface area contributed by atoms with E-state index in [2.05, 4.69) is 57.0 Å². The van der Waals surface area contributed by atoms with Gasteiger partial charge in [-0.25, -0.2) is 19.6 Å². The van der Waals surface area contributed by atoms with Gasteiger partial charge in [0.1, 0.15) is 23.7 Å². The summed E-state index contributed by atoms with van der Waals surface area (Å²) in [6.07, 6.45) is 8.95. The highest BCUT2D eigenvalue weighted by atomic mass is 32.1. The van der Waals surface area contributed by atoms with E-state index in [1.807, 2.05) is 49.9 Å². The van der Waals surface area contributed by atoms with Gasteiger partial charge in [-0.15, -0.1) is 11.3 Å². The van der Waals surface area contributed by atoms with Crippen molar-refractivity contribution in [2.45, 2.75) is 96.8 Å². The number of rotatable bonds is 11. The highest BCUT2D eigenvalue weighted by molar-refractivity contribution is 7.19. The Balaban J connectivity index is 1.00. The SMILES string of the molecule is COC(=O)N[C@H](C(=O)N1CCC[C@H]1c1ncc(-c2ccc3cc(-c4sc(-c5cnc([C@@H]6CCCN6C(=O)[C@@H](NC(=O)OC)C(C)C)[nH]5)c5c4CCC5)ccc3c2)[nH]1)C(C)C. The molecule has 15 heteroatoms. The number of methoxy groups -OCH3 is 2. The van der Waals surface area contributed by atoms with E-state index in [0.717, 1.165) is 84.3 Å². The normalized spacial score (nSPS) is 18.6. The number of nitrogens with one attached hydrogen (secondary N) is 4. The van der Waals surface area contributed by atoms with Crippen molar-refractivity contribution in [3.05, 3.63) is 71.6 Å². The maximum atomic E-state index is 13.7. The predicted octanol–water partition coefficient (Wildman–Crippen LogP) is 7.93. The summed E-state index contributed by atoms with van der Waals surface area (Å²) >= 11 is 1.80. The summed E-state index contributed by atoms with van der Waals surface area (Å²) in [7, 11) is 2.60. The van der Waals surface area contributed by atoms with Crippen LogP contribution < -0.4 is 10.6 Å². The Hall–Kier alpha value is -5.70. The molecule has 0 unspecified atom stereocenters. The molecule has 4 N–H and O–H groups in total. The van der Waals surface area contributed by atoms with Gasteiger partial charge >= 0.3 is 12.2 Å². The van der Waals surface area contributed by atoms with Crippen LogP contribution in [0.2, 0.25) is 0 Å². The summed E-state index contributed by atoms with van der Waals surface area (Å²) in [5, 5.41) is 7.70. The van der Waals surface area contributed by atoms with Crippen LogP contribution in [0.25, 0.3) is 43.0 Å². The lowest BCUT2D eigenvalue weighted by molar-refractivity contribution is -0.136. The van der Waals surface area contributed by atoms with Crippen LogP contribution in [0.15, 0.2) is 48.8 Å². The van der Waals surface area contributed by atoms with Gasteiger partial charge in [-0.1, -0.05) is 52.0 Å². The Bertz CT molecular complexity index is 2420. The minimum atomic E-state index is -0.688. The van der Waals surface area contributed by atoms with E-state index < -0.39 is 24.3 Å². The summed E-state index contributed by atoms with van der Waals surface area (Å²) in [6.45, 7) is 8.86. The number of hydrogen-bond donors (Lipinski definition) is 4. The maximum absolute atomic E-state index is 13.7. The molecule has 0 saturated carbocycles. The van der Waals surface area contributed by atoms with Crippen molar-refractivity contribution in [1.82, 2.24) is 40.4 Å². The molecule has 2 aliphatic heterocycles. The molecule has 0 radical (unpaired) electrons. The van der Waals surface area contributed by atoms with Crippen molar-refractivity contribution < 1.29 is 28.7 Å². The number of ether oxygens (including phenoxy) is 2. The number of aromatic amines is 2. The number of amides is 4. The number of carbonyl (C=O) groups is 4. The summed E-state index contributed by atoms with van der Waals surface area (Å²) in [6, 6.07) is 11.3. The molecule has 2 saturated heterocycles. The summed E-state index contributed by atoms with van der Waals surface area (Å²) in [4.78, 5) is 74.3. The Morgan fingerprint density at radius 2 is 1.17 bits per heavy atom. The van der Waals surface area contributed by atoms with Gasteiger partial charge in [0.05, 0.1) is 55.0 Å². The van der Waals surface area contributed by atoms with Crippen molar-refractivity contribution in [3.8, 4) is 32.3 Å². The fourth-order valence-corrected chi connectivity index (χ4v) is 10.5. The fourth-order valence-electron chi connectivity index (χ4n) is 9.14. The monoisotopic (exact) mass is 834 g/mol. The molecule has 2 fully saturated rings. The van der Waals surface area contributed by atoms with Gasteiger partial charge in [0, 0.05) is 23.5 Å². The predicted molar refractivity (Wildman–Crippen MR) is 230 cm³/mol. The van der Waals surface area contributed by atoms with Gasteiger partial charge in [-0.3, -0.25) is 9.59 Å². The molecule has 8 rings (SSSR count). The lowest BCUT2D eigenvalue weighted by atomic mass is 10.0. The third-order valence-electron chi connectivity index (χ3n) is 12.3. The van der Waals surface area contributed by atoms with Crippen LogP contribution in [-0.2, 0) is 31.9 Å². The smallest absolute Gasteiger partial charge is 0.407 e. The molecule has 1 aliphatic carbocycles. The molecule has 316 valence electrons. The average molecular weight is 835 g/mol. The number of fused-ring (bicyclic) bond motifs is 2. The highest BCUT2D eigenvalue weighted by Crippen LogP contribution is 2.47. The second kappa shape index (κ2) is 17.1. The Morgan fingerprint density at radius 3 is 1.70 bits per heavy atom. The van der Waals surface area contributed by atoms with Crippen LogP contribution in [0.1, 0.15) is 94.7 Å². The van der Waals surface area contributed by atoms with Gasteiger partial charge in [-0.05, 0) is 96.4 Å². The molecule has 5 heterocycles. The van der Waals surface area contributed by atoms with Crippen LogP contribution in [-0.4, -0.2) is 93.1 Å². The van der Waals surface area contributed by atoms with Crippen LogP contribution in [0.3, 0.4) is 0 Å². The van der Waals surface area contributed by atoms with Crippen molar-refractivity contribution in [2.75, 3.05) is 27.3 Å². The standard InChI is InChI=1S/C45H54N8O6S/c1-24(2)36(50-44(56)58-5)42(54)52-18-8-12-34(52)40-46-22-32(48-40)28-16-14-27-21-29(17-15-26(27)20-28)38-30-10-7-11-31(30)39(60-38)33-23-47-41(49-33)35-13-9-19-53(35)43(55)37(25(3)4)51-45(57)59-6/h14-17,20-25,34-37H,7-13,18-19H2,1-6H3,(H,46,48)(H,47,49)(H,50,56)(H,51,57)/t34-,35-,36-,37-/m0/s1. The zero-order valence-corrected chi connectivity index (χ0v) is 35.9. The molecule has 0 bridgehead atoms. The third kappa shape index (κ3) is 7.86. The van der Waals surface area contributed by atoms with E-state index in [-0.39, 0.29) is 35.7 Å². The first kappa shape index (κ1) is 41.1. The van der Waals surface area contributed by atoms with Crippen LogP contribution in [0.5, 0.6) is 0 Å². The largest absolute Gasteiger partial charge is 0.453 e. The molecule has 2 aromatic carbocycles. The first-order valence-electron chi connectivity index (χ1n) is 21.0. The number of hydrogen-bond acceptors (Lipinski definition) is 9. The molecule has 4 atom stereocenters. The second-order valence-corrected chi connectivity index (χ2v) is 17.8. The van der Waals surface area contributed by atoms with E-state index in [1.54, 1.807) is 11.3 Å². The lowest BCUT2D eigenvalue weighted by Crippen LogP contribution is -2.51. The molecule has 5 aromatic rings. The number of imidazole rings is 2. The van der Waals surface area contributed by atoms with Gasteiger partial charge in [0.15, 0.2) is 0 Å². The highest BCUT2D eigenvalue weighted by Gasteiger charge is 2.39. The number of thiophene rings is 1. The van der Waals surface area contributed by atoms with Crippen LogP contribution in [0.4, 0.5) is 9.59 Å². The lowest BCUT2D eigenvalue weighted by Gasteiger charge is -2.30. The molecule has 3 aliphatic rings. The number of likely N-dealkylation sites (tertiary alicyclic amines) is 2. The fraction of sp³-hybridized carbons (Fsp3) is 0.467. The van der Waals surface area contributed by atoms with E-state index in [0.29, 0.717) is 13.1 Å². The zero-order chi connectivity index (χ0) is 42.2. The molecular weight excluding hydrogens is 781 g/mol. The summed E-state index contributed by atoms with van der Waals surface area (Å²) in [5.41, 5.74) is 6.82. The van der Waals surface area contributed by atoms with E-state index >= 15 is 0 Å². The van der Waals surface area contributed by atoms with Crippen LogP contribution in [0, 0.1) is 11.8 Å².